The first kappa shape index (κ1) is 16.0. The topological polar surface area (TPSA) is 58.6 Å². The number of piperidine rings is 1. The lowest BCUT2D eigenvalue weighted by Crippen LogP contribution is -2.47. The summed E-state index contributed by atoms with van der Waals surface area (Å²) in [5.41, 5.74) is -0.0566. The van der Waals surface area contributed by atoms with E-state index in [0.717, 1.165) is 0 Å². The third-order valence-electron chi connectivity index (χ3n) is 3.24. The van der Waals surface area contributed by atoms with Gasteiger partial charge in [-0.05, 0) is 40.5 Å². The third-order valence-corrected chi connectivity index (χ3v) is 3.24. The Labute approximate surface area is 115 Å². The number of esters is 1. The molecule has 1 heterocycles. The first-order chi connectivity index (χ1) is 8.83. The standard InChI is InChI=1S/C14H26N2O3/c1-5-19-13(18)11-6-8-16(9-7-11)12(17)10-15-14(2,3)4/h11,15H,5-10H2,1-4H3. The molecule has 0 aromatic rings. The Hall–Kier alpha value is -1.10. The van der Waals surface area contributed by atoms with Crippen LogP contribution in [0.5, 0.6) is 0 Å². The highest BCUT2D eigenvalue weighted by molar-refractivity contribution is 5.79. The van der Waals surface area contributed by atoms with E-state index in [1.165, 1.54) is 0 Å². The molecular formula is C14H26N2O3. The number of nitrogens with one attached hydrogen (secondary N) is 1. The van der Waals surface area contributed by atoms with Crippen molar-refractivity contribution in [1.82, 2.24) is 10.2 Å². The fourth-order valence-electron chi connectivity index (χ4n) is 2.08. The van der Waals surface area contributed by atoms with Gasteiger partial charge in [0.05, 0.1) is 19.1 Å². The highest BCUT2D eigenvalue weighted by Crippen LogP contribution is 2.18. The molecule has 0 saturated carbocycles. The largest absolute Gasteiger partial charge is 0.466 e. The van der Waals surface area contributed by atoms with Crippen molar-refractivity contribution in [2.24, 2.45) is 5.92 Å². The molecular weight excluding hydrogens is 244 g/mol. The van der Waals surface area contributed by atoms with E-state index in [1.807, 2.05) is 32.6 Å². The summed E-state index contributed by atoms with van der Waals surface area (Å²) in [7, 11) is 0. The summed E-state index contributed by atoms with van der Waals surface area (Å²) in [6, 6.07) is 0. The average molecular weight is 270 g/mol. The zero-order valence-electron chi connectivity index (χ0n) is 12.5. The van der Waals surface area contributed by atoms with Crippen LogP contribution in [0.1, 0.15) is 40.5 Å². The van der Waals surface area contributed by atoms with Crippen molar-refractivity contribution in [2.75, 3.05) is 26.2 Å². The van der Waals surface area contributed by atoms with Gasteiger partial charge in [0, 0.05) is 18.6 Å². The van der Waals surface area contributed by atoms with E-state index in [9.17, 15) is 9.59 Å². The second-order valence-corrected chi connectivity index (χ2v) is 6.01. The summed E-state index contributed by atoms with van der Waals surface area (Å²) in [5.74, 6) is -0.0563. The van der Waals surface area contributed by atoms with Gasteiger partial charge in [-0.3, -0.25) is 9.59 Å². The quantitative estimate of drug-likeness (QED) is 0.779. The van der Waals surface area contributed by atoms with Crippen LogP contribution < -0.4 is 5.32 Å². The molecule has 0 bridgehead atoms. The minimum Gasteiger partial charge on any atom is -0.466 e. The highest BCUT2D eigenvalue weighted by Gasteiger charge is 2.28. The number of likely N-dealkylation sites (tertiary alicyclic amines) is 1. The van der Waals surface area contributed by atoms with Crippen LogP contribution in [0.15, 0.2) is 0 Å². The first-order valence-electron chi connectivity index (χ1n) is 7.03. The zero-order chi connectivity index (χ0) is 14.5. The molecule has 1 rings (SSSR count). The van der Waals surface area contributed by atoms with Gasteiger partial charge in [0.15, 0.2) is 0 Å². The van der Waals surface area contributed by atoms with Crippen LogP contribution in [-0.2, 0) is 14.3 Å². The predicted molar refractivity (Wildman–Crippen MR) is 73.7 cm³/mol. The third kappa shape index (κ3) is 5.59. The zero-order valence-corrected chi connectivity index (χ0v) is 12.5. The SMILES string of the molecule is CCOC(=O)C1CCN(C(=O)CNC(C)(C)C)CC1. The minimum atomic E-state index is -0.123. The summed E-state index contributed by atoms with van der Waals surface area (Å²) in [6.45, 7) is 9.99. The van der Waals surface area contributed by atoms with Crippen molar-refractivity contribution in [2.45, 2.75) is 46.1 Å². The van der Waals surface area contributed by atoms with E-state index in [0.29, 0.717) is 39.1 Å². The van der Waals surface area contributed by atoms with Gasteiger partial charge in [0.25, 0.3) is 0 Å². The maximum Gasteiger partial charge on any atom is 0.309 e. The van der Waals surface area contributed by atoms with Gasteiger partial charge in [-0.2, -0.15) is 0 Å². The van der Waals surface area contributed by atoms with Crippen LogP contribution in [0.3, 0.4) is 0 Å². The van der Waals surface area contributed by atoms with Gasteiger partial charge >= 0.3 is 5.97 Å². The predicted octanol–water partition coefficient (Wildman–Crippen LogP) is 1.18. The van der Waals surface area contributed by atoms with Crippen molar-refractivity contribution in [1.29, 1.82) is 0 Å². The Bertz CT molecular complexity index is 315. The molecule has 0 atom stereocenters. The molecule has 110 valence electrons. The number of nitrogens with zero attached hydrogens (tertiary/aromatic N) is 1. The Kier molecular flexibility index (Phi) is 5.79. The highest BCUT2D eigenvalue weighted by atomic mass is 16.5. The van der Waals surface area contributed by atoms with Crippen LogP contribution in [0.25, 0.3) is 0 Å². The fraction of sp³-hybridized carbons (Fsp3) is 0.857. The van der Waals surface area contributed by atoms with Crippen LogP contribution in [0, 0.1) is 5.92 Å². The maximum atomic E-state index is 12.0. The molecule has 1 aliphatic rings. The number of carbonyl (C=O) groups is 2. The Morgan fingerprint density at radius 3 is 2.32 bits per heavy atom. The average Bonchev–Trinajstić information content (AvgIpc) is 2.35. The summed E-state index contributed by atoms with van der Waals surface area (Å²) in [4.78, 5) is 25.4. The second kappa shape index (κ2) is 6.89. The number of hydrogen-bond acceptors (Lipinski definition) is 4. The van der Waals surface area contributed by atoms with Crippen LogP contribution in [-0.4, -0.2) is 48.6 Å². The lowest BCUT2D eigenvalue weighted by Gasteiger charge is -2.32. The molecule has 5 nitrogen and oxygen atoms in total. The van der Waals surface area contributed by atoms with Crippen molar-refractivity contribution >= 4 is 11.9 Å². The van der Waals surface area contributed by atoms with Crippen LogP contribution >= 0.6 is 0 Å². The summed E-state index contributed by atoms with van der Waals surface area (Å²) in [5, 5.41) is 3.19. The summed E-state index contributed by atoms with van der Waals surface area (Å²) < 4.78 is 5.01. The van der Waals surface area contributed by atoms with Gasteiger partial charge in [-0.15, -0.1) is 0 Å². The monoisotopic (exact) mass is 270 g/mol. The molecule has 1 amide bonds. The molecule has 1 aliphatic heterocycles. The number of ether oxygens (including phenoxy) is 1. The van der Waals surface area contributed by atoms with E-state index < -0.39 is 0 Å². The molecule has 0 radical (unpaired) electrons. The number of amides is 1. The van der Waals surface area contributed by atoms with E-state index in [1.54, 1.807) is 0 Å². The Balaban J connectivity index is 2.33. The van der Waals surface area contributed by atoms with Crippen molar-refractivity contribution in [3.05, 3.63) is 0 Å². The lowest BCUT2D eigenvalue weighted by molar-refractivity contribution is -0.151. The van der Waals surface area contributed by atoms with Crippen molar-refractivity contribution in [3.63, 3.8) is 0 Å². The normalized spacial score (nSPS) is 17.4. The lowest BCUT2D eigenvalue weighted by atomic mass is 9.97. The second-order valence-electron chi connectivity index (χ2n) is 6.01. The first-order valence-corrected chi connectivity index (χ1v) is 7.03. The number of carbonyl (C=O) groups excluding carboxylic acids is 2. The van der Waals surface area contributed by atoms with E-state index in [2.05, 4.69) is 5.32 Å². The summed E-state index contributed by atoms with van der Waals surface area (Å²) in [6.07, 6.45) is 1.42. The Morgan fingerprint density at radius 2 is 1.84 bits per heavy atom. The molecule has 5 heteroatoms. The molecule has 1 fully saturated rings. The molecule has 1 N–H and O–H groups in total. The molecule has 0 unspecified atom stereocenters. The molecule has 0 spiro atoms. The molecule has 0 aliphatic carbocycles. The van der Waals surface area contributed by atoms with Gasteiger partial charge in [0.1, 0.15) is 0 Å². The van der Waals surface area contributed by atoms with Gasteiger partial charge in [0.2, 0.25) is 5.91 Å². The maximum absolute atomic E-state index is 12.0. The molecule has 0 aromatic carbocycles. The molecule has 19 heavy (non-hydrogen) atoms. The van der Waals surface area contributed by atoms with Crippen LogP contribution in [0.4, 0.5) is 0 Å². The van der Waals surface area contributed by atoms with Gasteiger partial charge in [-0.25, -0.2) is 0 Å². The van der Waals surface area contributed by atoms with Crippen molar-refractivity contribution < 1.29 is 14.3 Å². The smallest absolute Gasteiger partial charge is 0.309 e. The fourth-order valence-corrected chi connectivity index (χ4v) is 2.08. The van der Waals surface area contributed by atoms with Gasteiger partial charge in [-0.1, -0.05) is 0 Å². The number of hydrogen-bond donors (Lipinski definition) is 1. The molecule has 0 aromatic heterocycles. The van der Waals surface area contributed by atoms with E-state index in [-0.39, 0.29) is 23.3 Å². The molecule has 1 saturated heterocycles. The summed E-state index contributed by atoms with van der Waals surface area (Å²) >= 11 is 0. The van der Waals surface area contributed by atoms with Gasteiger partial charge < -0.3 is 15.0 Å². The van der Waals surface area contributed by atoms with E-state index >= 15 is 0 Å². The Morgan fingerprint density at radius 1 is 1.26 bits per heavy atom. The minimum absolute atomic E-state index is 0.0421. The van der Waals surface area contributed by atoms with Crippen LogP contribution in [0.2, 0.25) is 0 Å². The van der Waals surface area contributed by atoms with E-state index in [4.69, 9.17) is 4.74 Å². The number of rotatable bonds is 4. The van der Waals surface area contributed by atoms with Crippen molar-refractivity contribution in [3.8, 4) is 0 Å².